The molecular weight excluding hydrogens is 196 g/mol. The molecule has 1 aromatic rings. The second-order valence-corrected chi connectivity index (χ2v) is 2.98. The fourth-order valence-electron chi connectivity index (χ4n) is 1.14. The highest BCUT2D eigenvalue weighted by Crippen LogP contribution is 2.16. The van der Waals surface area contributed by atoms with Crippen LogP contribution in [0.1, 0.15) is 11.6 Å². The SMILES string of the molecule is N=C(N)NC(C(N)=O)c1ccc(O)cc1. The van der Waals surface area contributed by atoms with E-state index in [1.54, 1.807) is 0 Å². The molecule has 0 heterocycles. The lowest BCUT2D eigenvalue weighted by atomic mass is 10.1. The smallest absolute Gasteiger partial charge is 0.244 e. The average Bonchev–Trinajstić information content (AvgIpc) is 2.15. The van der Waals surface area contributed by atoms with Gasteiger partial charge in [0.15, 0.2) is 5.96 Å². The molecule has 1 rings (SSSR count). The number of benzene rings is 1. The van der Waals surface area contributed by atoms with Gasteiger partial charge >= 0.3 is 0 Å². The Bertz CT molecular complexity index is 374. The molecule has 0 fully saturated rings. The number of aromatic hydroxyl groups is 1. The summed E-state index contributed by atoms with van der Waals surface area (Å²) >= 11 is 0. The van der Waals surface area contributed by atoms with Crippen molar-refractivity contribution in [3.63, 3.8) is 0 Å². The first-order chi connectivity index (χ1) is 7.00. The Morgan fingerprint density at radius 2 is 1.87 bits per heavy atom. The van der Waals surface area contributed by atoms with Crippen molar-refractivity contribution in [2.75, 3.05) is 0 Å². The summed E-state index contributed by atoms with van der Waals surface area (Å²) in [5.41, 5.74) is 10.8. The molecule has 7 N–H and O–H groups in total. The van der Waals surface area contributed by atoms with Crippen LogP contribution in [0.4, 0.5) is 0 Å². The summed E-state index contributed by atoms with van der Waals surface area (Å²) in [7, 11) is 0. The lowest BCUT2D eigenvalue weighted by Crippen LogP contribution is -2.40. The van der Waals surface area contributed by atoms with E-state index in [-0.39, 0.29) is 11.7 Å². The summed E-state index contributed by atoms with van der Waals surface area (Å²) < 4.78 is 0. The molecule has 6 nitrogen and oxygen atoms in total. The van der Waals surface area contributed by atoms with Gasteiger partial charge in [0.25, 0.3) is 0 Å². The number of nitrogens with one attached hydrogen (secondary N) is 2. The fraction of sp³-hybridized carbons (Fsp3) is 0.111. The van der Waals surface area contributed by atoms with E-state index in [0.717, 1.165) is 0 Å². The summed E-state index contributed by atoms with van der Waals surface area (Å²) in [6.07, 6.45) is 0. The third-order valence-electron chi connectivity index (χ3n) is 1.81. The first-order valence-corrected chi connectivity index (χ1v) is 4.19. The Balaban J connectivity index is 2.94. The molecule has 1 aromatic carbocycles. The molecule has 0 aliphatic carbocycles. The molecule has 0 saturated heterocycles. The van der Waals surface area contributed by atoms with E-state index in [1.807, 2.05) is 0 Å². The second kappa shape index (κ2) is 4.32. The summed E-state index contributed by atoms with van der Waals surface area (Å²) in [5.74, 6) is -0.896. The summed E-state index contributed by atoms with van der Waals surface area (Å²) in [6.45, 7) is 0. The Kier molecular flexibility index (Phi) is 3.12. The number of phenolic OH excluding ortho intramolecular Hbond substituents is 1. The van der Waals surface area contributed by atoms with Crippen molar-refractivity contribution in [3.8, 4) is 5.75 Å². The van der Waals surface area contributed by atoms with Crippen molar-refractivity contribution in [3.05, 3.63) is 29.8 Å². The van der Waals surface area contributed by atoms with E-state index < -0.39 is 11.9 Å². The molecule has 0 bridgehead atoms. The highest BCUT2D eigenvalue weighted by molar-refractivity contribution is 5.87. The third-order valence-corrected chi connectivity index (χ3v) is 1.81. The molecule has 0 aliphatic rings. The predicted molar refractivity (Wildman–Crippen MR) is 55.1 cm³/mol. The molecule has 80 valence electrons. The number of amides is 1. The van der Waals surface area contributed by atoms with Gasteiger partial charge in [-0.2, -0.15) is 0 Å². The summed E-state index contributed by atoms with van der Waals surface area (Å²) in [6, 6.07) is 5.05. The van der Waals surface area contributed by atoms with Crippen LogP contribution < -0.4 is 16.8 Å². The minimum absolute atomic E-state index is 0.0878. The molecule has 0 spiro atoms. The van der Waals surface area contributed by atoms with E-state index >= 15 is 0 Å². The zero-order valence-corrected chi connectivity index (χ0v) is 7.90. The minimum Gasteiger partial charge on any atom is -0.508 e. The van der Waals surface area contributed by atoms with E-state index in [1.165, 1.54) is 24.3 Å². The molecule has 1 amide bonds. The molecule has 0 aliphatic heterocycles. The Labute approximate surface area is 86.4 Å². The molecule has 0 radical (unpaired) electrons. The maximum Gasteiger partial charge on any atom is 0.244 e. The first kappa shape index (κ1) is 10.8. The highest BCUT2D eigenvalue weighted by Gasteiger charge is 2.17. The zero-order chi connectivity index (χ0) is 11.4. The summed E-state index contributed by atoms with van der Waals surface area (Å²) in [4.78, 5) is 11.1. The van der Waals surface area contributed by atoms with Crippen LogP contribution >= 0.6 is 0 Å². The number of guanidine groups is 1. The molecule has 1 unspecified atom stereocenters. The largest absolute Gasteiger partial charge is 0.508 e. The van der Waals surface area contributed by atoms with Crippen molar-refractivity contribution < 1.29 is 9.90 Å². The number of carbonyl (C=O) groups excluding carboxylic acids is 1. The summed E-state index contributed by atoms with van der Waals surface area (Å²) in [5, 5.41) is 18.5. The topological polar surface area (TPSA) is 125 Å². The van der Waals surface area contributed by atoms with E-state index in [4.69, 9.17) is 22.0 Å². The van der Waals surface area contributed by atoms with Gasteiger partial charge in [0.05, 0.1) is 0 Å². The minimum atomic E-state index is -0.858. The molecular formula is C9H12N4O2. The van der Waals surface area contributed by atoms with Gasteiger partial charge in [-0.05, 0) is 17.7 Å². The van der Waals surface area contributed by atoms with Crippen LogP contribution in [-0.4, -0.2) is 17.0 Å². The predicted octanol–water partition coefficient (Wildman–Crippen LogP) is -0.598. The Hall–Kier alpha value is -2.24. The van der Waals surface area contributed by atoms with E-state index in [2.05, 4.69) is 5.32 Å². The molecule has 15 heavy (non-hydrogen) atoms. The van der Waals surface area contributed by atoms with Crippen molar-refractivity contribution in [2.45, 2.75) is 6.04 Å². The normalized spacial score (nSPS) is 11.7. The number of hydrogen-bond acceptors (Lipinski definition) is 3. The van der Waals surface area contributed by atoms with Gasteiger partial charge < -0.3 is 21.9 Å². The van der Waals surface area contributed by atoms with Crippen LogP contribution in [0.25, 0.3) is 0 Å². The molecule has 0 saturated carbocycles. The average molecular weight is 208 g/mol. The van der Waals surface area contributed by atoms with Crippen molar-refractivity contribution in [1.82, 2.24) is 5.32 Å². The van der Waals surface area contributed by atoms with Gasteiger partial charge in [-0.15, -0.1) is 0 Å². The first-order valence-electron chi connectivity index (χ1n) is 4.19. The van der Waals surface area contributed by atoms with E-state index in [0.29, 0.717) is 5.56 Å². The number of primary amides is 1. The van der Waals surface area contributed by atoms with Crippen LogP contribution in [0.15, 0.2) is 24.3 Å². The van der Waals surface area contributed by atoms with E-state index in [9.17, 15) is 4.79 Å². The number of rotatable bonds is 3. The maximum absolute atomic E-state index is 11.1. The zero-order valence-electron chi connectivity index (χ0n) is 7.90. The lowest BCUT2D eigenvalue weighted by Gasteiger charge is -2.15. The van der Waals surface area contributed by atoms with Gasteiger partial charge in [-0.25, -0.2) is 0 Å². The van der Waals surface area contributed by atoms with Gasteiger partial charge in [0, 0.05) is 0 Å². The molecule has 0 aromatic heterocycles. The molecule has 1 atom stereocenters. The fourth-order valence-corrected chi connectivity index (χ4v) is 1.14. The lowest BCUT2D eigenvalue weighted by molar-refractivity contribution is -0.119. The Morgan fingerprint density at radius 1 is 1.33 bits per heavy atom. The maximum atomic E-state index is 11.1. The molecule has 6 heteroatoms. The number of carbonyl (C=O) groups is 1. The van der Waals surface area contributed by atoms with Crippen molar-refractivity contribution in [1.29, 1.82) is 5.41 Å². The third kappa shape index (κ3) is 2.87. The van der Waals surface area contributed by atoms with Crippen LogP contribution in [0.2, 0.25) is 0 Å². The van der Waals surface area contributed by atoms with Gasteiger partial charge in [-0.1, -0.05) is 12.1 Å². The van der Waals surface area contributed by atoms with Gasteiger partial charge in [0.2, 0.25) is 5.91 Å². The number of nitrogens with two attached hydrogens (primary N) is 2. The number of phenols is 1. The quantitative estimate of drug-likeness (QED) is 0.336. The van der Waals surface area contributed by atoms with Crippen LogP contribution in [0.3, 0.4) is 0 Å². The highest BCUT2D eigenvalue weighted by atomic mass is 16.3. The standard InChI is InChI=1S/C9H12N4O2/c10-8(15)7(13-9(11)12)5-1-3-6(14)4-2-5/h1-4,7,14H,(H2,10,15)(H4,11,12,13). The number of hydrogen-bond donors (Lipinski definition) is 5. The van der Waals surface area contributed by atoms with Crippen LogP contribution in [0.5, 0.6) is 5.75 Å². The van der Waals surface area contributed by atoms with Gasteiger partial charge in [-0.3, -0.25) is 10.2 Å². The Morgan fingerprint density at radius 3 is 2.27 bits per heavy atom. The van der Waals surface area contributed by atoms with Crippen molar-refractivity contribution >= 4 is 11.9 Å². The van der Waals surface area contributed by atoms with Crippen molar-refractivity contribution in [2.24, 2.45) is 11.5 Å². The second-order valence-electron chi connectivity index (χ2n) is 2.98. The van der Waals surface area contributed by atoms with Crippen LogP contribution in [0, 0.1) is 5.41 Å². The van der Waals surface area contributed by atoms with Crippen LogP contribution in [-0.2, 0) is 4.79 Å². The monoisotopic (exact) mass is 208 g/mol. The van der Waals surface area contributed by atoms with Gasteiger partial charge in [0.1, 0.15) is 11.8 Å².